The second kappa shape index (κ2) is 5.51. The summed E-state index contributed by atoms with van der Waals surface area (Å²) in [6, 6.07) is 0. The average Bonchev–Trinajstić information content (AvgIpc) is 1.98. The maximum Gasteiger partial charge on any atom is 0.0774 e. The van der Waals surface area contributed by atoms with Gasteiger partial charge in [-0.05, 0) is 25.2 Å². The molecule has 3 unspecified atom stereocenters. The molecule has 74 valence electrons. The summed E-state index contributed by atoms with van der Waals surface area (Å²) in [5, 5.41) is 27.1. The monoisotopic (exact) mass is 176 g/mol. The summed E-state index contributed by atoms with van der Waals surface area (Å²) < 4.78 is 0. The molecule has 0 aromatic carbocycles. The van der Waals surface area contributed by atoms with E-state index in [1.54, 1.807) is 6.92 Å². The van der Waals surface area contributed by atoms with Crippen LogP contribution in [0.15, 0.2) is 0 Å². The van der Waals surface area contributed by atoms with Crippen LogP contribution in [0.2, 0.25) is 0 Å². The molecular weight excluding hydrogens is 156 g/mol. The summed E-state index contributed by atoms with van der Waals surface area (Å²) in [6.45, 7) is 5.49. The molecule has 0 spiro atoms. The highest BCUT2D eigenvalue weighted by Crippen LogP contribution is 2.20. The van der Waals surface area contributed by atoms with E-state index in [1.165, 1.54) is 0 Å². The fraction of sp³-hybridized carbons (Fsp3) is 1.00. The zero-order valence-electron chi connectivity index (χ0n) is 8.07. The second-order valence-electron chi connectivity index (χ2n) is 3.72. The zero-order valence-corrected chi connectivity index (χ0v) is 8.07. The van der Waals surface area contributed by atoms with Gasteiger partial charge < -0.3 is 15.3 Å². The van der Waals surface area contributed by atoms with Crippen molar-refractivity contribution in [2.75, 3.05) is 6.61 Å². The van der Waals surface area contributed by atoms with Gasteiger partial charge in [0, 0.05) is 0 Å². The molecule has 0 fully saturated rings. The number of hydrogen-bond acceptors (Lipinski definition) is 3. The van der Waals surface area contributed by atoms with E-state index in [0.29, 0.717) is 12.3 Å². The van der Waals surface area contributed by atoms with Gasteiger partial charge in [0.2, 0.25) is 0 Å². The molecule has 0 aromatic heterocycles. The molecule has 0 aromatic rings. The van der Waals surface area contributed by atoms with Crippen LogP contribution in [0.4, 0.5) is 0 Å². The molecule has 0 saturated heterocycles. The van der Waals surface area contributed by atoms with Gasteiger partial charge in [0.25, 0.3) is 0 Å². The Bertz CT molecular complexity index is 104. The lowest BCUT2D eigenvalue weighted by Gasteiger charge is -2.25. The lowest BCUT2D eigenvalue weighted by atomic mass is 9.86. The Kier molecular flexibility index (Phi) is 5.46. The third kappa shape index (κ3) is 4.04. The van der Waals surface area contributed by atoms with Crippen LogP contribution in [0.3, 0.4) is 0 Å². The minimum Gasteiger partial charge on any atom is -0.394 e. The number of hydrogen-bond donors (Lipinski definition) is 3. The van der Waals surface area contributed by atoms with Gasteiger partial charge in [0.05, 0.1) is 18.8 Å². The zero-order chi connectivity index (χ0) is 9.72. The van der Waals surface area contributed by atoms with Gasteiger partial charge in [-0.1, -0.05) is 13.8 Å². The van der Waals surface area contributed by atoms with Crippen molar-refractivity contribution >= 4 is 0 Å². The second-order valence-corrected chi connectivity index (χ2v) is 3.72. The minimum absolute atomic E-state index is 0.0622. The summed E-state index contributed by atoms with van der Waals surface area (Å²) in [5.41, 5.74) is 0. The standard InChI is InChI=1S/C9H20O3/c1-6(2)9(7(3)11)4-8(12)5-10/h6-12H,4-5H2,1-3H3. The molecule has 0 saturated carbocycles. The van der Waals surface area contributed by atoms with Gasteiger partial charge in [-0.2, -0.15) is 0 Å². The SMILES string of the molecule is CC(C)C(CC(O)CO)C(C)O. The van der Waals surface area contributed by atoms with Crippen molar-refractivity contribution in [2.45, 2.75) is 39.4 Å². The number of aliphatic hydroxyl groups is 3. The third-order valence-electron chi connectivity index (χ3n) is 2.23. The van der Waals surface area contributed by atoms with E-state index in [1.807, 2.05) is 13.8 Å². The Morgan fingerprint density at radius 2 is 1.58 bits per heavy atom. The molecular formula is C9H20O3. The maximum absolute atomic E-state index is 9.33. The van der Waals surface area contributed by atoms with E-state index in [-0.39, 0.29) is 12.5 Å². The van der Waals surface area contributed by atoms with Crippen LogP contribution in [0.25, 0.3) is 0 Å². The summed E-state index contributed by atoms with van der Waals surface area (Å²) in [7, 11) is 0. The highest BCUT2D eigenvalue weighted by Gasteiger charge is 2.21. The Morgan fingerprint density at radius 1 is 1.08 bits per heavy atom. The topological polar surface area (TPSA) is 60.7 Å². The lowest BCUT2D eigenvalue weighted by molar-refractivity contribution is 0.0249. The van der Waals surface area contributed by atoms with Crippen LogP contribution in [0.1, 0.15) is 27.2 Å². The van der Waals surface area contributed by atoms with Crippen molar-refractivity contribution in [3.05, 3.63) is 0 Å². The Morgan fingerprint density at radius 3 is 1.83 bits per heavy atom. The Labute approximate surface area is 74.0 Å². The fourth-order valence-electron chi connectivity index (χ4n) is 1.41. The molecule has 3 nitrogen and oxygen atoms in total. The van der Waals surface area contributed by atoms with E-state index in [0.717, 1.165) is 0 Å². The molecule has 12 heavy (non-hydrogen) atoms. The van der Waals surface area contributed by atoms with Crippen molar-refractivity contribution in [3.63, 3.8) is 0 Å². The van der Waals surface area contributed by atoms with Crippen molar-refractivity contribution in [2.24, 2.45) is 11.8 Å². The molecule has 0 heterocycles. The molecule has 0 aliphatic rings. The Balaban J connectivity index is 3.95. The predicted octanol–water partition coefficient (Wildman–Crippen LogP) is 0.383. The van der Waals surface area contributed by atoms with E-state index in [4.69, 9.17) is 10.2 Å². The molecule has 0 rings (SSSR count). The van der Waals surface area contributed by atoms with Crippen LogP contribution in [0.5, 0.6) is 0 Å². The van der Waals surface area contributed by atoms with Crippen molar-refractivity contribution in [1.82, 2.24) is 0 Å². The van der Waals surface area contributed by atoms with Gasteiger partial charge in [0.15, 0.2) is 0 Å². The molecule has 0 aliphatic heterocycles. The van der Waals surface area contributed by atoms with Crippen molar-refractivity contribution in [3.8, 4) is 0 Å². The molecule has 0 bridgehead atoms. The number of aliphatic hydroxyl groups excluding tert-OH is 3. The summed E-state index contributed by atoms with van der Waals surface area (Å²) >= 11 is 0. The summed E-state index contributed by atoms with van der Waals surface area (Å²) in [4.78, 5) is 0. The first-order valence-corrected chi connectivity index (χ1v) is 4.46. The highest BCUT2D eigenvalue weighted by molar-refractivity contribution is 4.71. The first kappa shape index (κ1) is 11.9. The fourth-order valence-corrected chi connectivity index (χ4v) is 1.41. The van der Waals surface area contributed by atoms with Gasteiger partial charge in [-0.15, -0.1) is 0 Å². The first-order chi connectivity index (χ1) is 5.49. The van der Waals surface area contributed by atoms with Crippen LogP contribution < -0.4 is 0 Å². The van der Waals surface area contributed by atoms with Crippen LogP contribution >= 0.6 is 0 Å². The van der Waals surface area contributed by atoms with Crippen LogP contribution in [0, 0.1) is 11.8 Å². The molecule has 0 aliphatic carbocycles. The van der Waals surface area contributed by atoms with Gasteiger partial charge in [-0.25, -0.2) is 0 Å². The van der Waals surface area contributed by atoms with Gasteiger partial charge in [0.1, 0.15) is 0 Å². The van der Waals surface area contributed by atoms with Gasteiger partial charge >= 0.3 is 0 Å². The lowest BCUT2D eigenvalue weighted by Crippen LogP contribution is -2.28. The molecule has 0 amide bonds. The molecule has 0 radical (unpaired) electrons. The summed E-state index contributed by atoms with van der Waals surface area (Å²) in [6.07, 6.45) is -0.663. The molecule has 3 atom stereocenters. The van der Waals surface area contributed by atoms with Crippen LogP contribution in [-0.2, 0) is 0 Å². The normalized spacial score (nSPS) is 19.2. The van der Waals surface area contributed by atoms with E-state index >= 15 is 0 Å². The smallest absolute Gasteiger partial charge is 0.0774 e. The largest absolute Gasteiger partial charge is 0.394 e. The average molecular weight is 176 g/mol. The van der Waals surface area contributed by atoms with E-state index < -0.39 is 12.2 Å². The van der Waals surface area contributed by atoms with Crippen molar-refractivity contribution < 1.29 is 15.3 Å². The maximum atomic E-state index is 9.33. The minimum atomic E-state index is -0.702. The summed E-state index contributed by atoms with van der Waals surface area (Å²) in [5.74, 6) is 0.387. The molecule has 3 heteroatoms. The quantitative estimate of drug-likeness (QED) is 0.567. The predicted molar refractivity (Wildman–Crippen MR) is 47.7 cm³/mol. The van der Waals surface area contributed by atoms with Crippen molar-refractivity contribution in [1.29, 1.82) is 0 Å². The first-order valence-electron chi connectivity index (χ1n) is 4.46. The highest BCUT2D eigenvalue weighted by atomic mass is 16.3. The third-order valence-corrected chi connectivity index (χ3v) is 2.23. The Hall–Kier alpha value is -0.120. The van der Waals surface area contributed by atoms with E-state index in [9.17, 15) is 5.11 Å². The van der Waals surface area contributed by atoms with E-state index in [2.05, 4.69) is 0 Å². The van der Waals surface area contributed by atoms with Crippen LogP contribution in [-0.4, -0.2) is 34.1 Å². The van der Waals surface area contributed by atoms with Gasteiger partial charge in [-0.3, -0.25) is 0 Å². The number of rotatable bonds is 5. The molecule has 3 N–H and O–H groups in total.